The largest absolute Gasteiger partial charge is 0.460 e. The fourth-order valence-corrected chi connectivity index (χ4v) is 1.85. The van der Waals surface area contributed by atoms with E-state index in [9.17, 15) is 9.59 Å². The van der Waals surface area contributed by atoms with E-state index in [4.69, 9.17) is 4.74 Å². The Bertz CT molecular complexity index is 392. The second-order valence-electron chi connectivity index (χ2n) is 5.16. The molecule has 1 aliphatic rings. The molecule has 0 spiro atoms. The van der Waals surface area contributed by atoms with Crippen molar-refractivity contribution in [3.63, 3.8) is 0 Å². The average molecular weight is 265 g/mol. The Hall–Kier alpha value is -1.58. The van der Waals surface area contributed by atoms with Crippen LogP contribution in [0.3, 0.4) is 0 Å². The van der Waals surface area contributed by atoms with E-state index in [1.54, 1.807) is 0 Å². The molecular formula is C15H23NO3. The summed E-state index contributed by atoms with van der Waals surface area (Å²) >= 11 is 0. The van der Waals surface area contributed by atoms with Crippen LogP contribution in [-0.2, 0) is 14.3 Å². The summed E-state index contributed by atoms with van der Waals surface area (Å²) < 4.78 is 5.13. The van der Waals surface area contributed by atoms with E-state index in [0.717, 1.165) is 12.8 Å². The van der Waals surface area contributed by atoms with Gasteiger partial charge in [-0.25, -0.2) is 4.79 Å². The molecule has 1 amide bonds. The van der Waals surface area contributed by atoms with Crippen LogP contribution in [-0.4, -0.2) is 24.5 Å². The van der Waals surface area contributed by atoms with Gasteiger partial charge in [0.1, 0.15) is 12.6 Å². The summed E-state index contributed by atoms with van der Waals surface area (Å²) in [5, 5.41) is 2.60. The zero-order chi connectivity index (χ0) is 14.3. The first-order chi connectivity index (χ1) is 8.99. The van der Waals surface area contributed by atoms with Gasteiger partial charge < -0.3 is 10.1 Å². The zero-order valence-corrected chi connectivity index (χ0v) is 12.0. The van der Waals surface area contributed by atoms with E-state index in [1.807, 2.05) is 13.0 Å². The standard InChI is InChI=1S/C15H23NO3/c1-11(2)5-4-6-12(3)9-10-19-15(18)13-7-8-14(17)16-13/h5,9,13H,4,6-8,10H2,1-3H3,(H,16,17). The Labute approximate surface area is 114 Å². The molecule has 106 valence electrons. The highest BCUT2D eigenvalue weighted by atomic mass is 16.5. The molecule has 1 heterocycles. The van der Waals surface area contributed by atoms with Crippen LogP contribution >= 0.6 is 0 Å². The lowest BCUT2D eigenvalue weighted by Crippen LogP contribution is -2.34. The maximum absolute atomic E-state index is 11.6. The van der Waals surface area contributed by atoms with Crippen molar-refractivity contribution >= 4 is 11.9 Å². The van der Waals surface area contributed by atoms with Crippen molar-refractivity contribution in [2.75, 3.05) is 6.61 Å². The van der Waals surface area contributed by atoms with E-state index in [1.165, 1.54) is 11.1 Å². The minimum absolute atomic E-state index is 0.0737. The summed E-state index contributed by atoms with van der Waals surface area (Å²) in [6, 6.07) is -0.452. The highest BCUT2D eigenvalue weighted by molar-refractivity contribution is 5.88. The molecule has 1 aliphatic heterocycles. The van der Waals surface area contributed by atoms with Crippen LogP contribution < -0.4 is 5.32 Å². The van der Waals surface area contributed by atoms with Gasteiger partial charge >= 0.3 is 5.97 Å². The van der Waals surface area contributed by atoms with E-state index in [-0.39, 0.29) is 18.5 Å². The third-order valence-electron chi connectivity index (χ3n) is 3.03. The second-order valence-corrected chi connectivity index (χ2v) is 5.16. The van der Waals surface area contributed by atoms with E-state index < -0.39 is 6.04 Å². The fraction of sp³-hybridized carbons (Fsp3) is 0.600. The van der Waals surface area contributed by atoms with Crippen LogP contribution in [0.5, 0.6) is 0 Å². The molecule has 4 heteroatoms. The summed E-state index contributed by atoms with van der Waals surface area (Å²) in [6.45, 7) is 6.48. The maximum Gasteiger partial charge on any atom is 0.328 e. The summed E-state index contributed by atoms with van der Waals surface area (Å²) in [5.74, 6) is -0.408. The van der Waals surface area contributed by atoms with Gasteiger partial charge in [-0.1, -0.05) is 17.2 Å². The molecule has 1 N–H and O–H groups in total. The predicted octanol–water partition coefficient (Wildman–Crippen LogP) is 2.50. The van der Waals surface area contributed by atoms with Crippen LogP contribution in [0, 0.1) is 0 Å². The number of nitrogens with one attached hydrogen (secondary N) is 1. The van der Waals surface area contributed by atoms with Crippen LogP contribution in [0.15, 0.2) is 23.3 Å². The number of carbonyl (C=O) groups excluding carboxylic acids is 2. The topological polar surface area (TPSA) is 55.4 Å². The SMILES string of the molecule is CC(C)=CCCC(C)=CCOC(=O)C1CCC(=O)N1. The van der Waals surface area contributed by atoms with Crippen LogP contribution in [0.4, 0.5) is 0 Å². The molecule has 1 rings (SSSR count). The molecule has 1 atom stereocenters. The van der Waals surface area contributed by atoms with Gasteiger partial charge in [-0.05, 0) is 46.1 Å². The molecule has 0 aliphatic carbocycles. The Morgan fingerprint density at radius 1 is 1.37 bits per heavy atom. The molecule has 1 saturated heterocycles. The van der Waals surface area contributed by atoms with Crippen LogP contribution in [0.2, 0.25) is 0 Å². The lowest BCUT2D eigenvalue weighted by atomic mass is 10.1. The Morgan fingerprint density at radius 2 is 2.11 bits per heavy atom. The van der Waals surface area contributed by atoms with Crippen molar-refractivity contribution in [3.05, 3.63) is 23.3 Å². The van der Waals surface area contributed by atoms with Gasteiger partial charge in [-0.15, -0.1) is 0 Å². The molecule has 0 bridgehead atoms. The van der Waals surface area contributed by atoms with Gasteiger partial charge in [0.05, 0.1) is 0 Å². The molecule has 0 aromatic heterocycles. The van der Waals surface area contributed by atoms with Gasteiger partial charge in [-0.3, -0.25) is 4.79 Å². The molecule has 0 aromatic carbocycles. The van der Waals surface area contributed by atoms with Crippen molar-refractivity contribution in [3.8, 4) is 0 Å². The minimum atomic E-state index is -0.452. The van der Waals surface area contributed by atoms with Crippen molar-refractivity contribution in [1.29, 1.82) is 0 Å². The van der Waals surface area contributed by atoms with Crippen molar-refractivity contribution < 1.29 is 14.3 Å². The average Bonchev–Trinajstić information content (AvgIpc) is 2.75. The Balaban J connectivity index is 2.23. The number of amides is 1. The van der Waals surface area contributed by atoms with Crippen molar-refractivity contribution in [1.82, 2.24) is 5.32 Å². The normalized spacial score (nSPS) is 19.0. The monoisotopic (exact) mass is 265 g/mol. The molecule has 0 saturated carbocycles. The molecule has 1 unspecified atom stereocenters. The van der Waals surface area contributed by atoms with Crippen LogP contribution in [0.1, 0.15) is 46.5 Å². The van der Waals surface area contributed by atoms with Crippen molar-refractivity contribution in [2.24, 2.45) is 0 Å². The van der Waals surface area contributed by atoms with E-state index in [2.05, 4.69) is 25.2 Å². The van der Waals surface area contributed by atoms with Crippen LogP contribution in [0.25, 0.3) is 0 Å². The first kappa shape index (κ1) is 15.5. The molecular weight excluding hydrogens is 242 g/mol. The first-order valence-electron chi connectivity index (χ1n) is 6.74. The fourth-order valence-electron chi connectivity index (χ4n) is 1.85. The molecule has 1 fully saturated rings. The highest BCUT2D eigenvalue weighted by Crippen LogP contribution is 2.09. The van der Waals surface area contributed by atoms with Gasteiger partial charge in [0.25, 0.3) is 0 Å². The number of esters is 1. The summed E-state index contributed by atoms with van der Waals surface area (Å²) in [4.78, 5) is 22.6. The number of carbonyl (C=O) groups is 2. The summed E-state index contributed by atoms with van der Waals surface area (Å²) in [5.41, 5.74) is 2.52. The summed E-state index contributed by atoms with van der Waals surface area (Å²) in [7, 11) is 0. The van der Waals surface area contributed by atoms with E-state index in [0.29, 0.717) is 12.8 Å². The van der Waals surface area contributed by atoms with Crippen molar-refractivity contribution in [2.45, 2.75) is 52.5 Å². The minimum Gasteiger partial charge on any atom is -0.460 e. The molecule has 0 aromatic rings. The number of ether oxygens (including phenoxy) is 1. The van der Waals surface area contributed by atoms with Gasteiger partial charge in [0, 0.05) is 6.42 Å². The Kier molecular flexibility index (Phi) is 6.33. The highest BCUT2D eigenvalue weighted by Gasteiger charge is 2.28. The number of allylic oxidation sites excluding steroid dienone is 3. The molecule has 19 heavy (non-hydrogen) atoms. The number of hydrogen-bond donors (Lipinski definition) is 1. The quantitative estimate of drug-likeness (QED) is 0.593. The zero-order valence-electron chi connectivity index (χ0n) is 12.0. The lowest BCUT2D eigenvalue weighted by molar-refractivity contribution is -0.145. The lowest BCUT2D eigenvalue weighted by Gasteiger charge is -2.08. The van der Waals surface area contributed by atoms with Gasteiger partial charge in [0.15, 0.2) is 0 Å². The summed E-state index contributed by atoms with van der Waals surface area (Å²) in [6.07, 6.45) is 7.06. The number of rotatable bonds is 6. The third-order valence-corrected chi connectivity index (χ3v) is 3.03. The van der Waals surface area contributed by atoms with Gasteiger partial charge in [-0.2, -0.15) is 0 Å². The van der Waals surface area contributed by atoms with E-state index >= 15 is 0 Å². The first-order valence-corrected chi connectivity index (χ1v) is 6.74. The maximum atomic E-state index is 11.6. The number of hydrogen-bond acceptors (Lipinski definition) is 3. The molecule has 4 nitrogen and oxygen atoms in total. The third kappa shape index (κ3) is 6.22. The van der Waals surface area contributed by atoms with Gasteiger partial charge in [0.2, 0.25) is 5.91 Å². The molecule has 0 radical (unpaired) electrons. The Morgan fingerprint density at radius 3 is 2.68 bits per heavy atom. The second kappa shape index (κ2) is 7.77. The smallest absolute Gasteiger partial charge is 0.328 e. The predicted molar refractivity (Wildman–Crippen MR) is 74.5 cm³/mol.